The highest BCUT2D eigenvalue weighted by molar-refractivity contribution is 5.82. The highest BCUT2D eigenvalue weighted by Crippen LogP contribution is 2.22. The van der Waals surface area contributed by atoms with Gasteiger partial charge in [-0.2, -0.15) is 0 Å². The van der Waals surface area contributed by atoms with Gasteiger partial charge in [-0.05, 0) is 41.5 Å². The van der Waals surface area contributed by atoms with Gasteiger partial charge in [-0.15, -0.1) is 0 Å². The molecule has 3 heterocycles. The number of hydrogen-bond acceptors (Lipinski definition) is 4. The Kier molecular flexibility index (Phi) is 6.47. The molecule has 5 rings (SSSR count). The van der Waals surface area contributed by atoms with Gasteiger partial charge in [0.2, 0.25) is 11.2 Å². The summed E-state index contributed by atoms with van der Waals surface area (Å²) < 4.78 is 13.1. The third-order valence-electron chi connectivity index (χ3n) is 6.48. The Morgan fingerprint density at radius 1 is 0.971 bits per heavy atom. The van der Waals surface area contributed by atoms with E-state index in [0.29, 0.717) is 18.2 Å². The largest absolute Gasteiger partial charge is 0.477 e. The van der Waals surface area contributed by atoms with Crippen LogP contribution in [0.1, 0.15) is 24.2 Å². The van der Waals surface area contributed by atoms with Gasteiger partial charge in [0.25, 0.3) is 5.91 Å². The number of carbonyl (C=O) groups is 1. The molecule has 1 aliphatic rings. The molecule has 1 fully saturated rings. The van der Waals surface area contributed by atoms with E-state index in [0.717, 1.165) is 43.1 Å². The van der Waals surface area contributed by atoms with Crippen LogP contribution in [0.3, 0.4) is 0 Å². The number of likely N-dealkylation sites (tertiary alicyclic amines) is 1. The van der Waals surface area contributed by atoms with Crippen LogP contribution in [0.4, 0.5) is 0 Å². The second kappa shape index (κ2) is 10.00. The molecule has 4 aromatic rings. The highest BCUT2D eigenvalue weighted by atomic mass is 16.5. The minimum absolute atomic E-state index is 0.0636. The van der Waals surface area contributed by atoms with Crippen molar-refractivity contribution in [3.63, 3.8) is 0 Å². The maximum Gasteiger partial charge on any atom is 0.260 e. The molecule has 174 valence electrons. The SMILES string of the molecule is O=C(COc1coc(Cn2cc3ccccc3c2)cc1=O)N1CCC(Cc2ccccc2)CC1. The molecule has 0 atom stereocenters. The number of piperidine rings is 1. The average Bonchev–Trinajstić information content (AvgIpc) is 3.27. The predicted octanol–water partition coefficient (Wildman–Crippen LogP) is 4.50. The molecular weight excluding hydrogens is 428 g/mol. The summed E-state index contributed by atoms with van der Waals surface area (Å²) in [6.45, 7) is 1.73. The monoisotopic (exact) mass is 456 g/mol. The molecule has 0 saturated carbocycles. The van der Waals surface area contributed by atoms with Crippen molar-refractivity contribution >= 4 is 16.7 Å². The molecular formula is C28H28N2O4. The van der Waals surface area contributed by atoms with Gasteiger partial charge in [0.15, 0.2) is 6.61 Å². The number of amides is 1. The van der Waals surface area contributed by atoms with Crippen molar-refractivity contribution in [3.8, 4) is 5.75 Å². The summed E-state index contributed by atoms with van der Waals surface area (Å²) in [4.78, 5) is 26.9. The first-order chi connectivity index (χ1) is 16.6. The predicted molar refractivity (Wildman–Crippen MR) is 131 cm³/mol. The van der Waals surface area contributed by atoms with Crippen molar-refractivity contribution in [3.05, 3.63) is 101 Å². The van der Waals surface area contributed by atoms with Crippen molar-refractivity contribution in [2.24, 2.45) is 5.92 Å². The standard InChI is InChI=1S/C28H28N2O4/c31-26-15-25(18-29-16-23-8-4-5-9-24(23)17-29)33-19-27(26)34-20-28(32)30-12-10-22(11-13-30)14-21-6-2-1-3-7-21/h1-9,15-17,19,22H,10-14,18,20H2. The van der Waals surface area contributed by atoms with Crippen molar-refractivity contribution in [2.75, 3.05) is 19.7 Å². The number of benzene rings is 2. The van der Waals surface area contributed by atoms with Crippen LogP contribution in [0, 0.1) is 5.92 Å². The summed E-state index contributed by atoms with van der Waals surface area (Å²) in [5.41, 5.74) is 1.06. The zero-order valence-electron chi connectivity index (χ0n) is 19.1. The average molecular weight is 457 g/mol. The zero-order valence-corrected chi connectivity index (χ0v) is 19.1. The smallest absolute Gasteiger partial charge is 0.260 e. The van der Waals surface area contributed by atoms with Gasteiger partial charge in [0, 0.05) is 31.5 Å². The van der Waals surface area contributed by atoms with E-state index in [4.69, 9.17) is 9.15 Å². The molecule has 6 heteroatoms. The molecule has 34 heavy (non-hydrogen) atoms. The first-order valence-corrected chi connectivity index (χ1v) is 11.7. The second-order valence-electron chi connectivity index (χ2n) is 8.94. The third-order valence-corrected chi connectivity index (χ3v) is 6.48. The first-order valence-electron chi connectivity index (χ1n) is 11.7. The van der Waals surface area contributed by atoms with Crippen molar-refractivity contribution in [2.45, 2.75) is 25.8 Å². The molecule has 2 aromatic heterocycles. The Bertz CT molecular complexity index is 1280. The van der Waals surface area contributed by atoms with Gasteiger partial charge in [-0.25, -0.2) is 0 Å². The minimum Gasteiger partial charge on any atom is -0.477 e. The summed E-state index contributed by atoms with van der Waals surface area (Å²) in [5.74, 6) is 1.09. The minimum atomic E-state index is -0.285. The fraction of sp³-hybridized carbons (Fsp3) is 0.286. The van der Waals surface area contributed by atoms with Gasteiger partial charge in [-0.1, -0.05) is 54.6 Å². The van der Waals surface area contributed by atoms with Crippen LogP contribution in [0.25, 0.3) is 10.8 Å². The van der Waals surface area contributed by atoms with Gasteiger partial charge in [0.05, 0.1) is 6.54 Å². The first kappa shape index (κ1) is 22.0. The van der Waals surface area contributed by atoms with Crippen LogP contribution < -0.4 is 10.2 Å². The quantitative estimate of drug-likeness (QED) is 0.411. The van der Waals surface area contributed by atoms with Gasteiger partial charge >= 0.3 is 0 Å². The molecule has 0 N–H and O–H groups in total. The Balaban J connectivity index is 1.12. The molecule has 1 amide bonds. The van der Waals surface area contributed by atoms with E-state index in [-0.39, 0.29) is 23.7 Å². The molecule has 1 aliphatic heterocycles. The lowest BCUT2D eigenvalue weighted by Crippen LogP contribution is -2.41. The van der Waals surface area contributed by atoms with Crippen molar-refractivity contribution < 1.29 is 13.9 Å². The fourth-order valence-electron chi connectivity index (χ4n) is 4.60. The van der Waals surface area contributed by atoms with Crippen LogP contribution in [0.2, 0.25) is 0 Å². The Morgan fingerprint density at radius 2 is 1.65 bits per heavy atom. The number of fused-ring (bicyclic) bond motifs is 1. The Hall–Kier alpha value is -3.80. The van der Waals surface area contributed by atoms with Gasteiger partial charge < -0.3 is 18.6 Å². The number of carbonyl (C=O) groups excluding carboxylic acids is 1. The van der Waals surface area contributed by atoms with Crippen LogP contribution in [0.15, 0.2) is 88.5 Å². The normalized spacial score (nSPS) is 14.4. The van der Waals surface area contributed by atoms with Crippen molar-refractivity contribution in [1.29, 1.82) is 0 Å². The number of rotatable bonds is 7. The summed E-state index contributed by atoms with van der Waals surface area (Å²) in [6, 6.07) is 20.0. The molecule has 0 spiro atoms. The summed E-state index contributed by atoms with van der Waals surface area (Å²) in [5, 5.41) is 2.26. The zero-order chi connectivity index (χ0) is 23.3. The van der Waals surface area contributed by atoms with Crippen LogP contribution in [-0.4, -0.2) is 35.1 Å². The van der Waals surface area contributed by atoms with E-state index in [1.54, 1.807) is 0 Å². The van der Waals surface area contributed by atoms with E-state index in [2.05, 4.69) is 24.3 Å². The lowest BCUT2D eigenvalue weighted by Gasteiger charge is -2.32. The molecule has 6 nitrogen and oxygen atoms in total. The molecule has 0 unspecified atom stereocenters. The lowest BCUT2D eigenvalue weighted by atomic mass is 9.90. The van der Waals surface area contributed by atoms with E-state index >= 15 is 0 Å². The Morgan fingerprint density at radius 3 is 2.32 bits per heavy atom. The molecule has 0 aliphatic carbocycles. The number of nitrogens with zero attached hydrogens (tertiary/aromatic N) is 2. The maximum absolute atomic E-state index is 12.6. The summed E-state index contributed by atoms with van der Waals surface area (Å²) in [6.07, 6.45) is 8.34. The number of aromatic nitrogens is 1. The van der Waals surface area contributed by atoms with E-state index < -0.39 is 0 Å². The fourth-order valence-corrected chi connectivity index (χ4v) is 4.60. The topological polar surface area (TPSA) is 64.7 Å². The summed E-state index contributed by atoms with van der Waals surface area (Å²) in [7, 11) is 0. The van der Waals surface area contributed by atoms with E-state index in [1.807, 2.05) is 52.2 Å². The second-order valence-corrected chi connectivity index (χ2v) is 8.94. The third kappa shape index (κ3) is 5.22. The maximum atomic E-state index is 12.6. The highest BCUT2D eigenvalue weighted by Gasteiger charge is 2.23. The van der Waals surface area contributed by atoms with Crippen molar-refractivity contribution in [1.82, 2.24) is 9.47 Å². The molecule has 0 radical (unpaired) electrons. The lowest BCUT2D eigenvalue weighted by molar-refractivity contribution is -0.134. The van der Waals surface area contributed by atoms with Gasteiger partial charge in [0.1, 0.15) is 12.0 Å². The molecule has 0 bridgehead atoms. The van der Waals surface area contributed by atoms with E-state index in [1.165, 1.54) is 17.9 Å². The Labute approximate surface area is 198 Å². The van der Waals surface area contributed by atoms with Crippen LogP contribution in [0.5, 0.6) is 5.75 Å². The summed E-state index contributed by atoms with van der Waals surface area (Å²) >= 11 is 0. The number of ether oxygens (including phenoxy) is 1. The number of hydrogen-bond donors (Lipinski definition) is 0. The molecule has 1 saturated heterocycles. The van der Waals surface area contributed by atoms with E-state index in [9.17, 15) is 9.59 Å². The van der Waals surface area contributed by atoms with Crippen LogP contribution in [-0.2, 0) is 17.8 Å². The molecule has 2 aromatic carbocycles. The van der Waals surface area contributed by atoms with Gasteiger partial charge in [-0.3, -0.25) is 9.59 Å². The van der Waals surface area contributed by atoms with Crippen LogP contribution >= 0.6 is 0 Å².